The molecule has 150 valence electrons. The number of anilines is 1. The first-order valence-corrected chi connectivity index (χ1v) is 9.75. The summed E-state index contributed by atoms with van der Waals surface area (Å²) in [6, 6.07) is 6.08. The van der Waals surface area contributed by atoms with Crippen molar-refractivity contribution >= 4 is 17.5 Å². The molecule has 0 atom stereocenters. The van der Waals surface area contributed by atoms with E-state index in [4.69, 9.17) is 0 Å². The Morgan fingerprint density at radius 1 is 0.963 bits per heavy atom. The molecule has 0 spiro atoms. The second-order valence-corrected chi connectivity index (χ2v) is 8.57. The van der Waals surface area contributed by atoms with E-state index in [2.05, 4.69) is 20.4 Å². The SMILES string of the molecule is Cc1ccc(C)c(NC(=O)CN2CCCN(CC(=O)NC(C)(C)C)CC2)c1. The number of nitrogens with zero attached hydrogens (tertiary/aromatic N) is 2. The Bertz CT molecular complexity index is 667. The van der Waals surface area contributed by atoms with Gasteiger partial charge in [-0.15, -0.1) is 0 Å². The first kappa shape index (κ1) is 21.4. The van der Waals surface area contributed by atoms with Crippen molar-refractivity contribution in [1.29, 1.82) is 0 Å². The fourth-order valence-corrected chi connectivity index (χ4v) is 3.26. The zero-order chi connectivity index (χ0) is 20.0. The molecular weight excluding hydrogens is 340 g/mol. The van der Waals surface area contributed by atoms with Crippen LogP contribution in [0, 0.1) is 13.8 Å². The molecule has 0 aliphatic carbocycles. The summed E-state index contributed by atoms with van der Waals surface area (Å²) < 4.78 is 0. The molecule has 1 fully saturated rings. The van der Waals surface area contributed by atoms with Crippen LogP contribution in [0.15, 0.2) is 18.2 Å². The van der Waals surface area contributed by atoms with E-state index in [1.165, 1.54) is 0 Å². The Morgan fingerprint density at radius 2 is 1.56 bits per heavy atom. The molecule has 0 saturated carbocycles. The molecule has 27 heavy (non-hydrogen) atoms. The third-order valence-electron chi connectivity index (χ3n) is 4.60. The van der Waals surface area contributed by atoms with Crippen molar-refractivity contribution in [1.82, 2.24) is 15.1 Å². The van der Waals surface area contributed by atoms with E-state index in [-0.39, 0.29) is 17.4 Å². The third-order valence-corrected chi connectivity index (χ3v) is 4.60. The maximum absolute atomic E-state index is 12.4. The van der Waals surface area contributed by atoms with E-state index in [0.717, 1.165) is 49.4 Å². The minimum atomic E-state index is -0.207. The lowest BCUT2D eigenvalue weighted by Crippen LogP contribution is -2.46. The lowest BCUT2D eigenvalue weighted by atomic mass is 10.1. The number of hydrogen-bond donors (Lipinski definition) is 2. The van der Waals surface area contributed by atoms with Gasteiger partial charge in [0.25, 0.3) is 0 Å². The van der Waals surface area contributed by atoms with Crippen LogP contribution in [0.2, 0.25) is 0 Å². The highest BCUT2D eigenvalue weighted by molar-refractivity contribution is 5.93. The van der Waals surface area contributed by atoms with Gasteiger partial charge in [-0.05, 0) is 71.3 Å². The van der Waals surface area contributed by atoms with Crippen LogP contribution >= 0.6 is 0 Å². The van der Waals surface area contributed by atoms with Crippen LogP contribution in [0.25, 0.3) is 0 Å². The highest BCUT2D eigenvalue weighted by atomic mass is 16.2. The lowest BCUT2D eigenvalue weighted by Gasteiger charge is -2.25. The fraction of sp³-hybridized carbons (Fsp3) is 0.619. The predicted molar refractivity (Wildman–Crippen MR) is 110 cm³/mol. The zero-order valence-corrected chi connectivity index (χ0v) is 17.4. The van der Waals surface area contributed by atoms with Crippen molar-refractivity contribution in [2.45, 2.75) is 46.6 Å². The Hall–Kier alpha value is -1.92. The summed E-state index contributed by atoms with van der Waals surface area (Å²) >= 11 is 0. The minimum absolute atomic E-state index is 0.0163. The topological polar surface area (TPSA) is 64.7 Å². The van der Waals surface area contributed by atoms with E-state index >= 15 is 0 Å². The summed E-state index contributed by atoms with van der Waals surface area (Å²) in [6.07, 6.45) is 0.958. The van der Waals surface area contributed by atoms with Crippen LogP contribution in [-0.4, -0.2) is 66.4 Å². The Kier molecular flexibility index (Phi) is 7.39. The van der Waals surface area contributed by atoms with Crippen LogP contribution in [-0.2, 0) is 9.59 Å². The van der Waals surface area contributed by atoms with Gasteiger partial charge in [0.2, 0.25) is 11.8 Å². The summed E-state index contributed by atoms with van der Waals surface area (Å²) in [5, 5.41) is 6.04. The van der Waals surface area contributed by atoms with Crippen LogP contribution in [0.1, 0.15) is 38.3 Å². The van der Waals surface area contributed by atoms with Crippen molar-refractivity contribution in [3.05, 3.63) is 29.3 Å². The number of nitrogens with one attached hydrogen (secondary N) is 2. The Labute approximate surface area is 163 Å². The fourth-order valence-electron chi connectivity index (χ4n) is 3.26. The van der Waals surface area contributed by atoms with Crippen LogP contribution in [0.3, 0.4) is 0 Å². The largest absolute Gasteiger partial charge is 0.350 e. The zero-order valence-electron chi connectivity index (χ0n) is 17.4. The molecule has 6 nitrogen and oxygen atoms in total. The van der Waals surface area contributed by atoms with Gasteiger partial charge in [0, 0.05) is 24.3 Å². The standard InChI is InChI=1S/C21H34N4O2/c1-16-7-8-17(2)18(13-16)22-19(26)14-24-9-6-10-25(12-11-24)15-20(27)23-21(3,4)5/h7-8,13H,6,9-12,14-15H2,1-5H3,(H,22,26)(H,23,27). The minimum Gasteiger partial charge on any atom is -0.350 e. The van der Waals surface area contributed by atoms with Crippen LogP contribution in [0.4, 0.5) is 5.69 Å². The molecule has 0 radical (unpaired) electrons. The number of hydrogen-bond acceptors (Lipinski definition) is 4. The van der Waals surface area contributed by atoms with Crippen molar-refractivity contribution in [3.63, 3.8) is 0 Å². The maximum Gasteiger partial charge on any atom is 0.238 e. The average Bonchev–Trinajstić information content (AvgIpc) is 2.74. The summed E-state index contributed by atoms with van der Waals surface area (Å²) in [4.78, 5) is 28.9. The predicted octanol–water partition coefficient (Wildman–Crippen LogP) is 2.16. The molecule has 2 N–H and O–H groups in total. The number of benzene rings is 1. The number of amides is 2. The molecule has 0 aromatic heterocycles. The smallest absolute Gasteiger partial charge is 0.238 e. The van der Waals surface area contributed by atoms with Gasteiger partial charge in [-0.2, -0.15) is 0 Å². The first-order valence-electron chi connectivity index (χ1n) is 9.75. The lowest BCUT2D eigenvalue weighted by molar-refractivity contribution is -0.123. The second-order valence-electron chi connectivity index (χ2n) is 8.57. The number of rotatable bonds is 5. The first-order chi connectivity index (χ1) is 12.6. The normalized spacial score (nSPS) is 16.6. The summed E-state index contributed by atoms with van der Waals surface area (Å²) in [5.74, 6) is 0.0752. The van der Waals surface area contributed by atoms with Gasteiger partial charge >= 0.3 is 0 Å². The summed E-state index contributed by atoms with van der Waals surface area (Å²) in [6.45, 7) is 14.1. The van der Waals surface area contributed by atoms with Gasteiger partial charge in [0.15, 0.2) is 0 Å². The van der Waals surface area contributed by atoms with E-state index in [9.17, 15) is 9.59 Å². The molecule has 0 unspecified atom stereocenters. The van der Waals surface area contributed by atoms with Crippen molar-refractivity contribution in [2.75, 3.05) is 44.6 Å². The molecule has 1 aliphatic rings. The second kappa shape index (κ2) is 9.33. The van der Waals surface area contributed by atoms with E-state index in [1.807, 2.05) is 52.8 Å². The molecule has 2 rings (SSSR count). The van der Waals surface area contributed by atoms with E-state index < -0.39 is 0 Å². The Balaban J connectivity index is 1.81. The van der Waals surface area contributed by atoms with Crippen LogP contribution in [0.5, 0.6) is 0 Å². The van der Waals surface area contributed by atoms with Crippen molar-refractivity contribution < 1.29 is 9.59 Å². The molecule has 1 aromatic carbocycles. The molecule has 1 heterocycles. The quantitative estimate of drug-likeness (QED) is 0.829. The van der Waals surface area contributed by atoms with Gasteiger partial charge in [0.05, 0.1) is 13.1 Å². The maximum atomic E-state index is 12.4. The monoisotopic (exact) mass is 374 g/mol. The number of carbonyl (C=O) groups is 2. The Morgan fingerprint density at radius 3 is 2.15 bits per heavy atom. The summed E-state index contributed by atoms with van der Waals surface area (Å²) in [7, 11) is 0. The van der Waals surface area contributed by atoms with Gasteiger partial charge in [0.1, 0.15) is 0 Å². The van der Waals surface area contributed by atoms with E-state index in [0.29, 0.717) is 13.1 Å². The highest BCUT2D eigenvalue weighted by Gasteiger charge is 2.21. The molecule has 6 heteroatoms. The molecule has 1 aromatic rings. The van der Waals surface area contributed by atoms with Crippen molar-refractivity contribution in [2.24, 2.45) is 0 Å². The van der Waals surface area contributed by atoms with E-state index in [1.54, 1.807) is 0 Å². The average molecular weight is 375 g/mol. The van der Waals surface area contributed by atoms with Gasteiger partial charge in [-0.3, -0.25) is 19.4 Å². The molecule has 1 saturated heterocycles. The van der Waals surface area contributed by atoms with Crippen molar-refractivity contribution in [3.8, 4) is 0 Å². The van der Waals surface area contributed by atoms with Gasteiger partial charge in [-0.1, -0.05) is 12.1 Å². The number of aryl methyl sites for hydroxylation is 2. The van der Waals surface area contributed by atoms with Gasteiger partial charge in [-0.25, -0.2) is 0 Å². The van der Waals surface area contributed by atoms with Gasteiger partial charge < -0.3 is 10.6 Å². The molecule has 0 bridgehead atoms. The third kappa shape index (κ3) is 7.69. The molecular formula is C21H34N4O2. The van der Waals surface area contributed by atoms with Crippen LogP contribution < -0.4 is 10.6 Å². The molecule has 1 aliphatic heterocycles. The highest BCUT2D eigenvalue weighted by Crippen LogP contribution is 2.16. The summed E-state index contributed by atoms with van der Waals surface area (Å²) in [5.41, 5.74) is 2.88. The number of carbonyl (C=O) groups excluding carboxylic acids is 2. The molecule has 2 amide bonds.